The van der Waals surface area contributed by atoms with Crippen LogP contribution in [0.25, 0.3) is 0 Å². The maximum absolute atomic E-state index is 12.8. The molecule has 0 aromatic heterocycles. The molecule has 0 spiro atoms. The second kappa shape index (κ2) is 6.36. The van der Waals surface area contributed by atoms with E-state index < -0.39 is 5.41 Å². The first kappa shape index (κ1) is 17.2. The van der Waals surface area contributed by atoms with Crippen LogP contribution < -0.4 is 10.6 Å². The summed E-state index contributed by atoms with van der Waals surface area (Å²) in [6, 6.07) is 11.8. The van der Waals surface area contributed by atoms with Gasteiger partial charge in [0, 0.05) is 11.4 Å². The fourth-order valence-electron chi connectivity index (χ4n) is 2.91. The van der Waals surface area contributed by atoms with Crippen molar-refractivity contribution in [3.8, 4) is 0 Å². The Labute approximate surface area is 148 Å². The number of hydrogen-bond donors (Lipinski definition) is 2. The second-order valence-corrected chi connectivity index (χ2v) is 7.13. The van der Waals surface area contributed by atoms with Crippen LogP contribution in [0.15, 0.2) is 36.4 Å². The zero-order chi connectivity index (χ0) is 18.2. The summed E-state index contributed by atoms with van der Waals surface area (Å²) < 4.78 is 0. The highest BCUT2D eigenvalue weighted by atomic mass is 16.2. The molecule has 3 rings (SSSR count). The number of amides is 2. The number of carbonyl (C=O) groups excluding carboxylic acids is 2. The number of nitrogens with one attached hydrogen (secondary N) is 2. The normalized spacial score (nSPS) is 14.7. The van der Waals surface area contributed by atoms with Gasteiger partial charge in [0.25, 0.3) is 0 Å². The average molecular weight is 336 g/mol. The van der Waals surface area contributed by atoms with E-state index in [1.165, 1.54) is 0 Å². The van der Waals surface area contributed by atoms with Gasteiger partial charge in [-0.2, -0.15) is 0 Å². The minimum Gasteiger partial charge on any atom is -0.325 e. The highest BCUT2D eigenvalue weighted by Crippen LogP contribution is 2.47. The summed E-state index contributed by atoms with van der Waals surface area (Å²) in [5.74, 6) is -0.437. The molecule has 2 amide bonds. The predicted molar refractivity (Wildman–Crippen MR) is 101 cm³/mol. The van der Waals surface area contributed by atoms with Gasteiger partial charge in [-0.3, -0.25) is 9.59 Å². The van der Waals surface area contributed by atoms with Crippen LogP contribution in [0.5, 0.6) is 0 Å². The Hall–Kier alpha value is -2.62. The molecule has 1 aliphatic carbocycles. The monoisotopic (exact) mass is 336 g/mol. The van der Waals surface area contributed by atoms with E-state index in [-0.39, 0.29) is 11.8 Å². The lowest BCUT2D eigenvalue weighted by atomic mass is 10.0. The van der Waals surface area contributed by atoms with Gasteiger partial charge in [0.15, 0.2) is 0 Å². The zero-order valence-electron chi connectivity index (χ0n) is 15.2. The number of aryl methyl sites for hydroxylation is 4. The molecule has 0 bridgehead atoms. The summed E-state index contributed by atoms with van der Waals surface area (Å²) in [6.07, 6.45) is 1.17. The van der Waals surface area contributed by atoms with E-state index in [0.717, 1.165) is 33.6 Å². The smallest absolute Gasteiger partial charge is 0.240 e. The van der Waals surface area contributed by atoms with Gasteiger partial charge >= 0.3 is 0 Å². The van der Waals surface area contributed by atoms with Gasteiger partial charge in [-0.25, -0.2) is 0 Å². The predicted octanol–water partition coefficient (Wildman–Crippen LogP) is 4.28. The van der Waals surface area contributed by atoms with Crippen molar-refractivity contribution in [2.75, 3.05) is 10.6 Å². The molecular weight excluding hydrogens is 312 g/mol. The maximum atomic E-state index is 12.8. The van der Waals surface area contributed by atoms with Crippen LogP contribution in [-0.4, -0.2) is 11.8 Å². The van der Waals surface area contributed by atoms with Crippen molar-refractivity contribution in [1.82, 2.24) is 0 Å². The quantitative estimate of drug-likeness (QED) is 0.819. The van der Waals surface area contributed by atoms with Crippen molar-refractivity contribution >= 4 is 23.2 Å². The molecule has 1 aliphatic rings. The number of anilines is 2. The van der Waals surface area contributed by atoms with Crippen LogP contribution >= 0.6 is 0 Å². The minimum atomic E-state index is -0.952. The van der Waals surface area contributed by atoms with Crippen molar-refractivity contribution in [2.24, 2.45) is 5.41 Å². The molecule has 0 unspecified atom stereocenters. The van der Waals surface area contributed by atoms with E-state index in [4.69, 9.17) is 0 Å². The van der Waals surface area contributed by atoms with Crippen LogP contribution in [0.4, 0.5) is 11.4 Å². The lowest BCUT2D eigenvalue weighted by Crippen LogP contribution is -2.36. The number of carbonyl (C=O) groups is 2. The van der Waals surface area contributed by atoms with E-state index >= 15 is 0 Å². The summed E-state index contributed by atoms with van der Waals surface area (Å²) in [4.78, 5) is 25.5. The van der Waals surface area contributed by atoms with Gasteiger partial charge in [0.2, 0.25) is 11.8 Å². The molecule has 1 saturated carbocycles. The molecule has 0 radical (unpaired) electrons. The van der Waals surface area contributed by atoms with E-state index in [0.29, 0.717) is 12.8 Å². The molecule has 0 aliphatic heterocycles. The van der Waals surface area contributed by atoms with Gasteiger partial charge in [-0.15, -0.1) is 0 Å². The highest BCUT2D eigenvalue weighted by molar-refractivity contribution is 6.17. The lowest BCUT2D eigenvalue weighted by Gasteiger charge is -2.18. The molecule has 130 valence electrons. The Kier molecular flexibility index (Phi) is 4.38. The van der Waals surface area contributed by atoms with Crippen molar-refractivity contribution in [1.29, 1.82) is 0 Å². The molecule has 1 fully saturated rings. The second-order valence-electron chi connectivity index (χ2n) is 7.13. The summed E-state index contributed by atoms with van der Waals surface area (Å²) in [5.41, 5.74) is 4.73. The molecule has 4 heteroatoms. The summed E-state index contributed by atoms with van der Waals surface area (Å²) in [6.45, 7) is 7.86. The van der Waals surface area contributed by atoms with Crippen molar-refractivity contribution in [3.05, 3.63) is 58.7 Å². The molecule has 25 heavy (non-hydrogen) atoms. The van der Waals surface area contributed by atoms with Gasteiger partial charge in [-0.1, -0.05) is 24.3 Å². The van der Waals surface area contributed by atoms with Crippen LogP contribution in [0.1, 0.15) is 35.1 Å². The van der Waals surface area contributed by atoms with Gasteiger partial charge < -0.3 is 10.6 Å². The van der Waals surface area contributed by atoms with Crippen LogP contribution in [0.3, 0.4) is 0 Å². The third kappa shape index (κ3) is 3.43. The van der Waals surface area contributed by atoms with Crippen molar-refractivity contribution < 1.29 is 9.59 Å². The first-order valence-corrected chi connectivity index (χ1v) is 8.59. The molecule has 0 atom stereocenters. The Morgan fingerprint density at radius 2 is 1.16 bits per heavy atom. The zero-order valence-corrected chi connectivity index (χ0v) is 15.2. The number of hydrogen-bond acceptors (Lipinski definition) is 2. The summed E-state index contributed by atoms with van der Waals surface area (Å²) in [5, 5.41) is 5.89. The van der Waals surface area contributed by atoms with E-state index in [1.807, 2.05) is 64.1 Å². The van der Waals surface area contributed by atoms with Gasteiger partial charge in [0.1, 0.15) is 5.41 Å². The van der Waals surface area contributed by atoms with Crippen molar-refractivity contribution in [2.45, 2.75) is 40.5 Å². The molecule has 0 heterocycles. The minimum absolute atomic E-state index is 0.219. The Balaban J connectivity index is 1.77. The molecule has 4 nitrogen and oxygen atoms in total. The molecule has 2 aromatic carbocycles. The molecular formula is C21H24N2O2. The van der Waals surface area contributed by atoms with Crippen LogP contribution in [0.2, 0.25) is 0 Å². The first-order valence-electron chi connectivity index (χ1n) is 8.59. The number of rotatable bonds is 4. The SMILES string of the molecule is Cc1ccc(C)c(NC(=O)C2(C(=O)Nc3cc(C)ccc3C)CC2)c1. The van der Waals surface area contributed by atoms with Crippen molar-refractivity contribution in [3.63, 3.8) is 0 Å². The first-order chi connectivity index (χ1) is 11.8. The fraction of sp³-hybridized carbons (Fsp3) is 0.333. The summed E-state index contributed by atoms with van der Waals surface area (Å²) >= 11 is 0. The maximum Gasteiger partial charge on any atom is 0.240 e. The molecule has 2 N–H and O–H groups in total. The Morgan fingerprint density at radius 1 is 0.760 bits per heavy atom. The lowest BCUT2D eigenvalue weighted by molar-refractivity contribution is -0.131. The third-order valence-corrected chi connectivity index (χ3v) is 4.90. The largest absolute Gasteiger partial charge is 0.325 e. The summed E-state index contributed by atoms with van der Waals surface area (Å²) in [7, 11) is 0. The fourth-order valence-corrected chi connectivity index (χ4v) is 2.91. The molecule has 2 aromatic rings. The number of benzene rings is 2. The third-order valence-electron chi connectivity index (χ3n) is 4.90. The molecule has 0 saturated heterocycles. The average Bonchev–Trinajstić information content (AvgIpc) is 3.36. The topological polar surface area (TPSA) is 58.2 Å². The van der Waals surface area contributed by atoms with Gasteiger partial charge in [-0.05, 0) is 74.9 Å². The van der Waals surface area contributed by atoms with Gasteiger partial charge in [0.05, 0.1) is 0 Å². The van der Waals surface area contributed by atoms with E-state index in [2.05, 4.69) is 10.6 Å². The Bertz CT molecular complexity index is 783. The standard InChI is InChI=1S/C21H24N2O2/c1-13-5-7-15(3)17(11-13)22-19(24)21(9-10-21)20(25)23-18-12-14(2)6-8-16(18)4/h5-8,11-12H,9-10H2,1-4H3,(H,22,24)(H,23,25). The van der Waals surface area contributed by atoms with E-state index in [1.54, 1.807) is 0 Å². The van der Waals surface area contributed by atoms with Crippen LogP contribution in [-0.2, 0) is 9.59 Å². The highest BCUT2D eigenvalue weighted by Gasteiger charge is 2.56. The van der Waals surface area contributed by atoms with Crippen LogP contribution in [0, 0.1) is 33.1 Å². The van der Waals surface area contributed by atoms with E-state index in [9.17, 15) is 9.59 Å². The Morgan fingerprint density at radius 3 is 1.52 bits per heavy atom.